The third kappa shape index (κ3) is 75.7. The summed E-state index contributed by atoms with van der Waals surface area (Å²) in [6, 6.07) is 0. The van der Waals surface area contributed by atoms with Gasteiger partial charge in [0.25, 0.3) is 0 Å². The van der Waals surface area contributed by atoms with E-state index in [1.54, 1.807) is 0 Å². The molecule has 0 saturated heterocycles. The molecule has 0 saturated carbocycles. The summed E-state index contributed by atoms with van der Waals surface area (Å²) < 4.78 is 68.7. The van der Waals surface area contributed by atoms with Crippen LogP contribution in [0, 0.1) is 0 Å². The van der Waals surface area contributed by atoms with E-state index in [0.29, 0.717) is 25.7 Å². The van der Waals surface area contributed by atoms with Crippen molar-refractivity contribution in [1.29, 1.82) is 0 Å². The van der Waals surface area contributed by atoms with Gasteiger partial charge in [0, 0.05) is 25.7 Å². The average Bonchev–Trinajstić information content (AvgIpc) is 0.939. The van der Waals surface area contributed by atoms with E-state index in [1.807, 2.05) is 0 Å². The zero-order valence-electron chi connectivity index (χ0n) is 65.4. The molecular weight excluding hydrogens is 1350 g/mol. The molecule has 19 heteroatoms. The molecule has 17 nitrogen and oxygen atoms in total. The third-order valence-electron chi connectivity index (χ3n) is 16.9. The van der Waals surface area contributed by atoms with E-state index in [2.05, 4.69) is 149 Å². The summed E-state index contributed by atoms with van der Waals surface area (Å²) in [6.45, 7) is 4.53. The van der Waals surface area contributed by atoms with Crippen LogP contribution in [-0.2, 0) is 65.4 Å². The standard InChI is InChI=1S/C85H146O17P2/c1-5-9-13-17-21-25-29-33-36-38-39-41-44-47-50-54-58-62-66-70-83(88)95-75-80(101-84(89)71-67-63-59-55-51-45-32-28-24-20-16-12-8-4)77-99-103(91,92)97-73-79(86)74-98-104(93,94)100-78-81(102-85(90)72-68-64-60-56-52-48-42-35-31-27-23-19-15-11-7-3)76-96-82(87)69-65-61-57-53-49-46-43-40-37-34-30-26-22-18-14-10-6-2/h9-11,13-15,21-23,25-27,33-37,39,41-42,79-81,86H,5-8,12,16-20,24,28-32,38,40,43-78H2,1-4H3,(H,91,92)(H,93,94)/b13-9-,14-10-,15-11-,25-21-,26-22-,27-23-,36-33-,37-34-,41-39-,42-35-. The SMILES string of the molecule is CC/C=C\C/C=C\C/C=C\C/C=C\CCCCCCCCC(=O)OCC(COP(=O)(O)OCC(O)COP(=O)(O)OCC(COC(=O)CCCCCCCCC/C=C\C/C=C\C/C=C\CC)OC(=O)CCCCCCC/C=C\C/C=C\C/C=C\CC)OC(=O)CCCCCCCCCCCCCCC. The van der Waals surface area contributed by atoms with Gasteiger partial charge in [0.1, 0.15) is 19.3 Å². The molecule has 0 aliphatic rings. The van der Waals surface area contributed by atoms with Crippen LogP contribution in [0.25, 0.3) is 0 Å². The van der Waals surface area contributed by atoms with Gasteiger partial charge in [0.05, 0.1) is 26.4 Å². The molecule has 0 aromatic rings. The highest BCUT2D eigenvalue weighted by Crippen LogP contribution is 2.45. The average molecular weight is 1500 g/mol. The summed E-state index contributed by atoms with van der Waals surface area (Å²) in [4.78, 5) is 73.1. The lowest BCUT2D eigenvalue weighted by Gasteiger charge is -2.21. The number of phosphoric ester groups is 2. The molecule has 0 radical (unpaired) electrons. The smallest absolute Gasteiger partial charge is 0.462 e. The minimum atomic E-state index is -4.99. The van der Waals surface area contributed by atoms with Crippen molar-refractivity contribution in [3.63, 3.8) is 0 Å². The number of hydrogen-bond acceptors (Lipinski definition) is 15. The summed E-state index contributed by atoms with van der Waals surface area (Å²) in [5.41, 5.74) is 0. The van der Waals surface area contributed by atoms with Gasteiger partial charge < -0.3 is 33.8 Å². The maximum absolute atomic E-state index is 13.1. The first-order valence-electron chi connectivity index (χ1n) is 40.8. The molecule has 3 N–H and O–H groups in total. The molecule has 0 aliphatic heterocycles. The van der Waals surface area contributed by atoms with Crippen LogP contribution in [0.4, 0.5) is 0 Å². The molecule has 0 bridgehead atoms. The first kappa shape index (κ1) is 99.5. The van der Waals surface area contributed by atoms with Gasteiger partial charge in [-0.2, -0.15) is 0 Å². The lowest BCUT2D eigenvalue weighted by molar-refractivity contribution is -0.161. The highest BCUT2D eigenvalue weighted by molar-refractivity contribution is 7.47. The lowest BCUT2D eigenvalue weighted by Crippen LogP contribution is -2.30. The third-order valence-corrected chi connectivity index (χ3v) is 18.8. The van der Waals surface area contributed by atoms with Gasteiger partial charge in [-0.1, -0.05) is 303 Å². The normalized spacial score (nSPS) is 14.5. The Bertz CT molecular complexity index is 2440. The number of unbranched alkanes of at least 4 members (excludes halogenated alkanes) is 30. The number of esters is 4. The van der Waals surface area contributed by atoms with Crippen LogP contribution in [0.15, 0.2) is 122 Å². The van der Waals surface area contributed by atoms with E-state index in [4.69, 9.17) is 37.0 Å². The van der Waals surface area contributed by atoms with Gasteiger partial charge in [0.2, 0.25) is 0 Å². The zero-order valence-corrected chi connectivity index (χ0v) is 67.2. The Labute approximate surface area is 632 Å². The minimum absolute atomic E-state index is 0.0718. The number of phosphoric acid groups is 2. The lowest BCUT2D eigenvalue weighted by atomic mass is 10.0. The Morgan fingerprint density at radius 3 is 0.769 bits per heavy atom. The summed E-state index contributed by atoms with van der Waals surface area (Å²) in [5.74, 6) is -2.20. The maximum atomic E-state index is 13.1. The van der Waals surface area contributed by atoms with Crippen molar-refractivity contribution in [3.8, 4) is 0 Å². The van der Waals surface area contributed by atoms with Crippen LogP contribution >= 0.6 is 15.6 Å². The van der Waals surface area contributed by atoms with Crippen molar-refractivity contribution in [1.82, 2.24) is 0 Å². The van der Waals surface area contributed by atoms with Gasteiger partial charge in [-0.3, -0.25) is 37.3 Å². The summed E-state index contributed by atoms with van der Waals surface area (Å²) in [5, 5.41) is 10.6. The van der Waals surface area contributed by atoms with Crippen molar-refractivity contribution in [2.45, 2.75) is 354 Å². The minimum Gasteiger partial charge on any atom is -0.462 e. The second kappa shape index (κ2) is 76.6. The summed E-state index contributed by atoms with van der Waals surface area (Å²) in [6.07, 6.45) is 84.5. The van der Waals surface area contributed by atoms with E-state index >= 15 is 0 Å². The van der Waals surface area contributed by atoms with Crippen molar-refractivity contribution >= 4 is 39.5 Å². The number of aliphatic hydroxyl groups excluding tert-OH is 1. The molecule has 0 spiro atoms. The van der Waals surface area contributed by atoms with Crippen molar-refractivity contribution in [3.05, 3.63) is 122 Å². The van der Waals surface area contributed by atoms with E-state index in [0.717, 1.165) is 205 Å². The molecule has 5 unspecified atom stereocenters. The van der Waals surface area contributed by atoms with Crippen LogP contribution in [-0.4, -0.2) is 96.7 Å². The van der Waals surface area contributed by atoms with E-state index < -0.39 is 97.5 Å². The number of ether oxygens (including phenoxy) is 4. The highest BCUT2D eigenvalue weighted by atomic mass is 31.2. The first-order chi connectivity index (χ1) is 50.7. The van der Waals surface area contributed by atoms with Crippen LogP contribution in [0.3, 0.4) is 0 Å². The summed E-state index contributed by atoms with van der Waals surface area (Å²) >= 11 is 0. The molecule has 0 heterocycles. The van der Waals surface area contributed by atoms with Crippen molar-refractivity contribution in [2.24, 2.45) is 0 Å². The first-order valence-corrected chi connectivity index (χ1v) is 43.8. The van der Waals surface area contributed by atoms with Crippen LogP contribution in [0.2, 0.25) is 0 Å². The van der Waals surface area contributed by atoms with Crippen molar-refractivity contribution < 1.29 is 80.2 Å². The molecule has 0 fully saturated rings. The predicted octanol–water partition coefficient (Wildman–Crippen LogP) is 23.9. The Morgan fingerprint density at radius 1 is 0.279 bits per heavy atom. The monoisotopic (exact) mass is 1500 g/mol. The molecule has 0 aromatic heterocycles. The Morgan fingerprint density at radius 2 is 0.500 bits per heavy atom. The number of aliphatic hydroxyl groups is 1. The number of hydrogen-bond donors (Lipinski definition) is 3. The Kier molecular flexibility index (Phi) is 73.3. The zero-order chi connectivity index (χ0) is 76.0. The second-order valence-electron chi connectivity index (χ2n) is 26.9. The van der Waals surface area contributed by atoms with E-state index in [9.17, 15) is 43.2 Å². The van der Waals surface area contributed by atoms with Crippen LogP contribution in [0.5, 0.6) is 0 Å². The number of rotatable bonds is 76. The number of allylic oxidation sites excluding steroid dienone is 20. The van der Waals surface area contributed by atoms with Gasteiger partial charge >= 0.3 is 39.5 Å². The molecular formula is C85H146O17P2. The quantitative estimate of drug-likeness (QED) is 0.0169. The second-order valence-corrected chi connectivity index (χ2v) is 29.8. The molecule has 0 rings (SSSR count). The molecule has 0 amide bonds. The number of carbonyl (C=O) groups excluding carboxylic acids is 4. The Hall–Kier alpha value is -4.54. The van der Waals surface area contributed by atoms with Crippen LogP contribution in [0.1, 0.15) is 336 Å². The fourth-order valence-electron chi connectivity index (χ4n) is 10.8. The summed E-state index contributed by atoms with van der Waals surface area (Å²) in [7, 11) is -9.97. The predicted molar refractivity (Wildman–Crippen MR) is 427 cm³/mol. The largest absolute Gasteiger partial charge is 0.472 e. The molecule has 0 aliphatic carbocycles. The van der Waals surface area contributed by atoms with Crippen LogP contribution < -0.4 is 0 Å². The van der Waals surface area contributed by atoms with Crippen molar-refractivity contribution in [2.75, 3.05) is 39.6 Å². The van der Waals surface area contributed by atoms with Gasteiger partial charge in [-0.25, -0.2) is 9.13 Å². The van der Waals surface area contributed by atoms with Gasteiger partial charge in [0.15, 0.2) is 12.2 Å². The number of carbonyl (C=O) groups is 4. The van der Waals surface area contributed by atoms with E-state index in [1.165, 1.54) is 51.4 Å². The fraction of sp³-hybridized carbons (Fsp3) is 0.718. The molecule has 5 atom stereocenters. The molecule has 0 aromatic carbocycles. The fourth-order valence-corrected chi connectivity index (χ4v) is 12.4. The molecule has 104 heavy (non-hydrogen) atoms. The highest BCUT2D eigenvalue weighted by Gasteiger charge is 2.30. The Balaban J connectivity index is 5.36. The molecule has 598 valence electrons. The topological polar surface area (TPSA) is 237 Å². The maximum Gasteiger partial charge on any atom is 0.472 e. The van der Waals surface area contributed by atoms with Gasteiger partial charge in [-0.15, -0.1) is 0 Å². The van der Waals surface area contributed by atoms with E-state index in [-0.39, 0.29) is 25.7 Å². The van der Waals surface area contributed by atoms with Gasteiger partial charge in [-0.05, 0) is 128 Å².